The van der Waals surface area contributed by atoms with Crippen molar-refractivity contribution < 1.29 is 13.9 Å². The molecule has 2 aromatic carbocycles. The lowest BCUT2D eigenvalue weighted by Gasteiger charge is -2.23. The van der Waals surface area contributed by atoms with Crippen molar-refractivity contribution in [2.45, 2.75) is 32.9 Å². The third-order valence-electron chi connectivity index (χ3n) is 7.77. The van der Waals surface area contributed by atoms with E-state index in [4.69, 9.17) is 10.5 Å². The van der Waals surface area contributed by atoms with Gasteiger partial charge in [0.05, 0.1) is 5.39 Å². The number of nitrogens with two attached hydrogens (primary N) is 1. The zero-order valence-electron chi connectivity index (χ0n) is 23.2. The number of hydrogen-bond donors (Lipinski definition) is 2. The Morgan fingerprint density at radius 2 is 1.69 bits per heavy atom. The van der Waals surface area contributed by atoms with Crippen LogP contribution in [0.4, 0.5) is 15.9 Å². The summed E-state index contributed by atoms with van der Waals surface area (Å²) in [6.07, 6.45) is 8.61. The molecular weight excluding hydrogens is 535 g/mol. The molecule has 214 valence electrons. The molecule has 0 radical (unpaired) electrons. The molecule has 5 aromatic rings. The summed E-state index contributed by atoms with van der Waals surface area (Å²) in [4.78, 5) is 35.6. The van der Waals surface area contributed by atoms with Gasteiger partial charge in [0.25, 0.3) is 5.91 Å². The molecule has 42 heavy (non-hydrogen) atoms. The molecule has 1 aliphatic rings. The summed E-state index contributed by atoms with van der Waals surface area (Å²) >= 11 is 0. The molecule has 9 nitrogen and oxygen atoms in total. The van der Waals surface area contributed by atoms with Crippen molar-refractivity contribution in [3.8, 4) is 22.3 Å². The molecule has 10 heteroatoms. The number of halogens is 1. The number of carbonyl (C=O) groups excluding carboxylic acids is 1. The van der Waals surface area contributed by atoms with Gasteiger partial charge in [-0.1, -0.05) is 24.3 Å². The molecule has 1 aliphatic heterocycles. The molecule has 0 aliphatic carbocycles. The molecule has 0 spiro atoms. The van der Waals surface area contributed by atoms with Gasteiger partial charge < -0.3 is 24.9 Å². The number of fused-ring (bicyclic) bond motifs is 1. The Morgan fingerprint density at radius 3 is 2.40 bits per heavy atom. The number of rotatable bonds is 7. The number of anilines is 2. The summed E-state index contributed by atoms with van der Waals surface area (Å²) in [6.45, 7) is 4.78. The number of benzene rings is 2. The van der Waals surface area contributed by atoms with Gasteiger partial charge in [0.15, 0.2) is 0 Å². The van der Waals surface area contributed by atoms with Gasteiger partial charge in [0, 0.05) is 61.7 Å². The van der Waals surface area contributed by atoms with Crippen LogP contribution < -0.4 is 16.5 Å². The predicted octanol–water partition coefficient (Wildman–Crippen LogP) is 5.35. The molecule has 1 amide bonds. The van der Waals surface area contributed by atoms with Crippen molar-refractivity contribution in [1.82, 2.24) is 19.1 Å². The van der Waals surface area contributed by atoms with Crippen molar-refractivity contribution in [3.05, 3.63) is 95.1 Å². The number of pyridine rings is 1. The second-order valence-electron chi connectivity index (χ2n) is 10.5. The van der Waals surface area contributed by atoms with Crippen molar-refractivity contribution in [3.63, 3.8) is 0 Å². The van der Waals surface area contributed by atoms with E-state index in [2.05, 4.69) is 15.3 Å². The van der Waals surface area contributed by atoms with Crippen LogP contribution in [0.15, 0.2) is 78.2 Å². The monoisotopic (exact) mass is 566 g/mol. The van der Waals surface area contributed by atoms with Crippen molar-refractivity contribution >= 4 is 28.4 Å². The Balaban J connectivity index is 1.30. The average Bonchev–Trinajstić information content (AvgIpc) is 3.39. The molecule has 0 atom stereocenters. The van der Waals surface area contributed by atoms with E-state index in [9.17, 15) is 14.0 Å². The molecule has 0 saturated carbocycles. The lowest BCUT2D eigenvalue weighted by molar-refractivity contribution is 0.0612. The fourth-order valence-electron chi connectivity index (χ4n) is 5.50. The Morgan fingerprint density at radius 1 is 1.00 bits per heavy atom. The first kappa shape index (κ1) is 27.3. The largest absolute Gasteiger partial charge is 0.383 e. The lowest BCUT2D eigenvalue weighted by atomic mass is 9.99. The smallest absolute Gasteiger partial charge is 0.261 e. The number of aryl methyl sites for hydroxylation is 1. The van der Waals surface area contributed by atoms with Crippen molar-refractivity contribution in [1.29, 1.82) is 0 Å². The lowest BCUT2D eigenvalue weighted by Crippen LogP contribution is -2.26. The van der Waals surface area contributed by atoms with Crippen LogP contribution in [0.5, 0.6) is 0 Å². The number of amides is 1. The zero-order valence-corrected chi connectivity index (χ0v) is 23.2. The number of nitrogens with zero attached hydrogens (tertiary/aromatic N) is 4. The Hall–Kier alpha value is -4.83. The number of carbonyl (C=O) groups is 1. The zero-order chi connectivity index (χ0) is 29.2. The maximum Gasteiger partial charge on any atom is 0.261 e. The number of hydrogen-bond acceptors (Lipinski definition) is 6. The van der Waals surface area contributed by atoms with E-state index < -0.39 is 17.2 Å². The van der Waals surface area contributed by atoms with E-state index in [0.29, 0.717) is 48.3 Å². The van der Waals surface area contributed by atoms with Crippen LogP contribution >= 0.6 is 0 Å². The normalized spacial score (nSPS) is 13.9. The molecule has 0 bridgehead atoms. The van der Waals surface area contributed by atoms with Crippen LogP contribution in [-0.2, 0) is 17.8 Å². The Kier molecular flexibility index (Phi) is 7.54. The van der Waals surface area contributed by atoms with Gasteiger partial charge in [-0.05, 0) is 61.1 Å². The third kappa shape index (κ3) is 5.40. The highest BCUT2D eigenvalue weighted by atomic mass is 19.1. The van der Waals surface area contributed by atoms with Crippen LogP contribution in [0, 0.1) is 11.7 Å². The molecule has 1 fully saturated rings. The first-order valence-corrected chi connectivity index (χ1v) is 14.0. The second-order valence-corrected chi connectivity index (χ2v) is 10.5. The molecule has 4 heterocycles. The molecule has 3 aromatic heterocycles. The molecule has 3 N–H and O–H groups in total. The number of aromatic nitrogens is 4. The third-order valence-corrected chi connectivity index (χ3v) is 7.77. The maximum absolute atomic E-state index is 13.6. The quantitative estimate of drug-likeness (QED) is 0.274. The highest BCUT2D eigenvalue weighted by Gasteiger charge is 2.20. The highest BCUT2D eigenvalue weighted by Crippen LogP contribution is 2.33. The van der Waals surface area contributed by atoms with Gasteiger partial charge in [-0.15, -0.1) is 0 Å². The van der Waals surface area contributed by atoms with Gasteiger partial charge in [-0.25, -0.2) is 14.4 Å². The van der Waals surface area contributed by atoms with E-state index in [1.54, 1.807) is 36.7 Å². The molecule has 6 rings (SSSR count). The van der Waals surface area contributed by atoms with E-state index >= 15 is 0 Å². The SMILES string of the molecule is CCn1cc(-c2ccc(NC(=O)c3cn(CC4CCOCC4)cc(-c4ccc(F)cc4)c3=O)cc2)c2c(N)ncnc21. The number of nitrogen functional groups attached to an aromatic ring is 1. The summed E-state index contributed by atoms with van der Waals surface area (Å²) in [5.74, 6) is -0.146. The second kappa shape index (κ2) is 11.6. The highest BCUT2D eigenvalue weighted by molar-refractivity contribution is 6.05. The minimum Gasteiger partial charge on any atom is -0.383 e. The Labute approximate surface area is 241 Å². The van der Waals surface area contributed by atoms with Crippen LogP contribution in [0.25, 0.3) is 33.3 Å². The predicted molar refractivity (Wildman–Crippen MR) is 161 cm³/mol. The minimum atomic E-state index is -0.516. The topological polar surface area (TPSA) is 117 Å². The summed E-state index contributed by atoms with van der Waals surface area (Å²) in [7, 11) is 0. The van der Waals surface area contributed by atoms with E-state index in [-0.39, 0.29) is 5.56 Å². The first-order chi connectivity index (χ1) is 20.4. The first-order valence-electron chi connectivity index (χ1n) is 14.0. The Bertz CT molecular complexity index is 1810. The van der Waals surface area contributed by atoms with E-state index in [1.807, 2.05) is 34.4 Å². The van der Waals surface area contributed by atoms with Gasteiger partial charge in [0.1, 0.15) is 29.2 Å². The fraction of sp³-hybridized carbons (Fsp3) is 0.250. The van der Waals surface area contributed by atoms with Crippen molar-refractivity contribution in [2.24, 2.45) is 5.92 Å². The van der Waals surface area contributed by atoms with E-state index in [1.165, 1.54) is 18.5 Å². The number of ether oxygens (including phenoxy) is 1. The van der Waals surface area contributed by atoms with Gasteiger partial charge in [0.2, 0.25) is 5.43 Å². The van der Waals surface area contributed by atoms with Crippen LogP contribution in [0.3, 0.4) is 0 Å². The molecular formula is C32H31FN6O3. The fourth-order valence-corrected chi connectivity index (χ4v) is 5.50. The maximum atomic E-state index is 13.6. The molecule has 0 unspecified atom stereocenters. The van der Waals surface area contributed by atoms with Gasteiger partial charge >= 0.3 is 0 Å². The average molecular weight is 567 g/mol. The standard InChI is InChI=1S/C32H31FN6O3/c1-2-39-18-25(28-30(34)35-19-36-31(28)39)21-5-9-24(10-6-21)37-32(41)27-17-38(15-20-11-13-42-14-12-20)16-26(29(27)40)22-3-7-23(33)8-4-22/h3-10,16-20H,2,11-15H2,1H3,(H,37,41)(H2,34,35,36). The van der Waals surface area contributed by atoms with Crippen LogP contribution in [-0.4, -0.2) is 38.2 Å². The van der Waals surface area contributed by atoms with Gasteiger partial charge in [-0.3, -0.25) is 9.59 Å². The van der Waals surface area contributed by atoms with Crippen molar-refractivity contribution in [2.75, 3.05) is 24.3 Å². The minimum absolute atomic E-state index is 0.0175. The van der Waals surface area contributed by atoms with E-state index in [0.717, 1.165) is 41.5 Å². The summed E-state index contributed by atoms with van der Waals surface area (Å²) in [5, 5.41) is 3.65. The summed E-state index contributed by atoms with van der Waals surface area (Å²) in [6, 6.07) is 13.1. The van der Waals surface area contributed by atoms with Gasteiger partial charge in [-0.2, -0.15) is 0 Å². The summed E-state index contributed by atoms with van der Waals surface area (Å²) in [5.41, 5.74) is 9.77. The molecule has 1 saturated heterocycles. The van der Waals surface area contributed by atoms with Crippen LogP contribution in [0.1, 0.15) is 30.1 Å². The number of nitrogens with one attached hydrogen (secondary N) is 1. The summed E-state index contributed by atoms with van der Waals surface area (Å²) < 4.78 is 23.0. The van der Waals surface area contributed by atoms with Crippen LogP contribution in [0.2, 0.25) is 0 Å².